The Morgan fingerprint density at radius 3 is 1.25 bits per heavy atom. The third-order valence-electron chi connectivity index (χ3n) is 0.375. The zero-order valence-corrected chi connectivity index (χ0v) is 5.83. The van der Waals surface area contributed by atoms with E-state index in [1.807, 2.05) is 0 Å². The molecule has 0 aliphatic carbocycles. The van der Waals surface area contributed by atoms with E-state index in [0.717, 1.165) is 0 Å². The van der Waals surface area contributed by atoms with Crippen LogP contribution in [0.15, 0.2) is 0 Å². The molecule has 0 unspecified atom stereocenters. The summed E-state index contributed by atoms with van der Waals surface area (Å²) in [5.41, 5.74) is 0. The van der Waals surface area contributed by atoms with Gasteiger partial charge < -0.3 is 13.8 Å². The van der Waals surface area contributed by atoms with Crippen LogP contribution in [-0.2, 0) is 0 Å². The van der Waals surface area contributed by atoms with Gasteiger partial charge in [-0.25, -0.2) is 0 Å². The quantitative estimate of drug-likeness (QED) is 0.161. The van der Waals surface area contributed by atoms with E-state index in [-0.39, 0.29) is 37.7 Å². The summed E-state index contributed by atoms with van der Waals surface area (Å²) in [6.45, 7) is 7.04. The van der Waals surface area contributed by atoms with E-state index < -0.39 is 0 Å². The van der Waals surface area contributed by atoms with Gasteiger partial charge in [0, 0.05) is 0 Å². The maximum atomic E-state index is 3.52. The van der Waals surface area contributed by atoms with Crippen LogP contribution < -0.4 is 37.7 Å². The van der Waals surface area contributed by atoms with E-state index in [4.69, 9.17) is 0 Å². The van der Waals surface area contributed by atoms with E-state index in [1.165, 1.54) is 0 Å². The number of hydrogen-bond acceptors (Lipinski definition) is 0. The first-order valence-electron chi connectivity index (χ1n) is 1.96. The molecule has 0 heterocycles. The van der Waals surface area contributed by atoms with Crippen molar-refractivity contribution in [2.75, 3.05) is 0 Å². The van der Waals surface area contributed by atoms with Crippen LogP contribution in [0, 0.1) is 25.7 Å². The van der Waals surface area contributed by atoms with Crippen molar-refractivity contribution in [3.05, 3.63) is 13.8 Å². The molecule has 0 aromatic heterocycles. The third kappa shape index (κ3) is 15.9. The summed E-state index contributed by atoms with van der Waals surface area (Å²) in [5, 5.41) is 0. The minimum absolute atomic E-state index is 0. The second-order valence-electron chi connectivity index (χ2n) is 0.854. The monoisotopic (exact) mass is 94.1 g/mol. The SMILES string of the molecule is [CH2-]CC#CC[CH2-].[Li+].[Li+]. The molecule has 0 nitrogen and oxygen atoms in total. The van der Waals surface area contributed by atoms with Crippen molar-refractivity contribution in [2.24, 2.45) is 0 Å². The fourth-order valence-electron chi connectivity index (χ4n) is 0.177. The molecule has 0 spiro atoms. The molecule has 0 N–H and O–H groups in total. The van der Waals surface area contributed by atoms with Gasteiger partial charge in [-0.05, 0) is 0 Å². The average Bonchev–Trinajstić information content (AvgIpc) is 1.61. The van der Waals surface area contributed by atoms with Crippen LogP contribution in [0.3, 0.4) is 0 Å². The average molecular weight is 94.0 g/mol. The largest absolute Gasteiger partial charge is 1.00 e. The molecule has 0 radical (unpaired) electrons. The van der Waals surface area contributed by atoms with Crippen LogP contribution in [0.5, 0.6) is 0 Å². The van der Waals surface area contributed by atoms with Gasteiger partial charge in [0.15, 0.2) is 0 Å². The molecule has 0 saturated carbocycles. The third-order valence-corrected chi connectivity index (χ3v) is 0.375. The van der Waals surface area contributed by atoms with Gasteiger partial charge in [0.25, 0.3) is 0 Å². The van der Waals surface area contributed by atoms with Crippen molar-refractivity contribution < 1.29 is 37.7 Å². The topological polar surface area (TPSA) is 0 Å². The molecule has 0 aliphatic rings. The van der Waals surface area contributed by atoms with Crippen molar-refractivity contribution in [2.45, 2.75) is 12.8 Å². The molecular weight excluding hydrogens is 85.9 g/mol. The van der Waals surface area contributed by atoms with Crippen LogP contribution in [0.1, 0.15) is 12.8 Å². The molecule has 0 aromatic rings. The Balaban J connectivity index is -0.000000125. The Kier molecular flexibility index (Phi) is 31.1. The first kappa shape index (κ1) is 15.9. The van der Waals surface area contributed by atoms with Crippen molar-refractivity contribution in [3.63, 3.8) is 0 Å². The van der Waals surface area contributed by atoms with Gasteiger partial charge in [0.2, 0.25) is 0 Å². The Bertz CT molecular complexity index is 60.3. The summed E-state index contributed by atoms with van der Waals surface area (Å²) in [4.78, 5) is 0. The van der Waals surface area contributed by atoms with Crippen LogP contribution in [0.25, 0.3) is 0 Å². The molecule has 0 aliphatic heterocycles. The van der Waals surface area contributed by atoms with E-state index >= 15 is 0 Å². The molecule has 0 aromatic carbocycles. The van der Waals surface area contributed by atoms with Gasteiger partial charge >= 0.3 is 37.7 Å². The molecule has 0 amide bonds. The molecular formula is C6H8Li2. The standard InChI is InChI=1S/C6H8.2Li/c1-3-5-6-4-2;;/h1-4H2;;/q-2;2*+1. The van der Waals surface area contributed by atoms with Gasteiger partial charge in [-0.15, -0.1) is 24.7 Å². The zero-order chi connectivity index (χ0) is 4.83. The predicted molar refractivity (Wildman–Crippen MR) is 27.7 cm³/mol. The van der Waals surface area contributed by atoms with Crippen molar-refractivity contribution >= 4 is 0 Å². The summed E-state index contributed by atoms with van der Waals surface area (Å²) in [6, 6.07) is 0. The first-order valence-corrected chi connectivity index (χ1v) is 1.96. The number of rotatable bonds is 0. The van der Waals surface area contributed by atoms with Crippen LogP contribution in [-0.4, -0.2) is 0 Å². The summed E-state index contributed by atoms with van der Waals surface area (Å²) in [6.07, 6.45) is 1.41. The summed E-state index contributed by atoms with van der Waals surface area (Å²) >= 11 is 0. The zero-order valence-electron chi connectivity index (χ0n) is 5.83. The van der Waals surface area contributed by atoms with Gasteiger partial charge in [-0.2, -0.15) is 0 Å². The van der Waals surface area contributed by atoms with Gasteiger partial charge in [0.05, 0.1) is 0 Å². The fourth-order valence-corrected chi connectivity index (χ4v) is 0.177. The summed E-state index contributed by atoms with van der Waals surface area (Å²) < 4.78 is 0. The number of hydrogen-bond donors (Lipinski definition) is 0. The van der Waals surface area contributed by atoms with Crippen molar-refractivity contribution in [3.8, 4) is 11.8 Å². The fraction of sp³-hybridized carbons (Fsp3) is 0.333. The molecule has 2 heteroatoms. The van der Waals surface area contributed by atoms with E-state index in [1.54, 1.807) is 0 Å². The first-order chi connectivity index (χ1) is 2.91. The smallest absolute Gasteiger partial charge is 0.332 e. The maximum Gasteiger partial charge on any atom is 1.00 e. The Morgan fingerprint density at radius 2 is 1.12 bits per heavy atom. The van der Waals surface area contributed by atoms with Gasteiger partial charge in [-0.1, -0.05) is 0 Å². The van der Waals surface area contributed by atoms with E-state index in [0.29, 0.717) is 12.8 Å². The summed E-state index contributed by atoms with van der Waals surface area (Å²) in [7, 11) is 0. The Hall–Kier alpha value is 0.755. The van der Waals surface area contributed by atoms with Crippen molar-refractivity contribution in [1.29, 1.82) is 0 Å². The Morgan fingerprint density at radius 1 is 0.875 bits per heavy atom. The van der Waals surface area contributed by atoms with Crippen LogP contribution in [0.2, 0.25) is 0 Å². The van der Waals surface area contributed by atoms with Crippen molar-refractivity contribution in [1.82, 2.24) is 0 Å². The second kappa shape index (κ2) is 15.7. The minimum atomic E-state index is 0. The molecule has 8 heavy (non-hydrogen) atoms. The van der Waals surface area contributed by atoms with E-state index in [9.17, 15) is 0 Å². The van der Waals surface area contributed by atoms with Crippen LogP contribution in [0.4, 0.5) is 0 Å². The molecule has 0 bridgehead atoms. The minimum Gasteiger partial charge on any atom is -0.332 e. The molecule has 0 saturated heterocycles. The molecule has 0 rings (SSSR count). The van der Waals surface area contributed by atoms with Crippen LogP contribution >= 0.6 is 0 Å². The second-order valence-corrected chi connectivity index (χ2v) is 0.854. The molecule has 34 valence electrons. The maximum absolute atomic E-state index is 3.52. The normalized spacial score (nSPS) is 4.75. The molecule has 0 atom stereocenters. The predicted octanol–water partition coefficient (Wildman–Crippen LogP) is -4.55. The van der Waals surface area contributed by atoms with E-state index in [2.05, 4.69) is 25.7 Å². The van der Waals surface area contributed by atoms with Gasteiger partial charge in [0.1, 0.15) is 0 Å². The molecule has 0 fully saturated rings. The Labute approximate surface area is 76.2 Å². The summed E-state index contributed by atoms with van der Waals surface area (Å²) in [5.74, 6) is 5.55. The van der Waals surface area contributed by atoms with Gasteiger partial charge in [-0.3, -0.25) is 0 Å².